The zero-order valence-corrected chi connectivity index (χ0v) is 13.6. The lowest BCUT2D eigenvalue weighted by atomic mass is 10.0. The van der Waals surface area contributed by atoms with Gasteiger partial charge in [-0.1, -0.05) is 49.0 Å². The number of hydrogen-bond donors (Lipinski definition) is 1. The molecule has 2 N–H and O–H groups in total. The van der Waals surface area contributed by atoms with Crippen molar-refractivity contribution in [3.8, 4) is 0 Å². The van der Waals surface area contributed by atoms with Gasteiger partial charge in [-0.3, -0.25) is 4.90 Å². The Bertz CT molecular complexity index is 436. The standard InChI is InChI=1S/C16H24Cl2N2/c1-2-13-6-4-3-5-9-20(13)16(11-19)12-7-8-14(17)15(18)10-12/h7-8,10,13,16H,2-6,9,11,19H2,1H3. The molecule has 4 heteroatoms. The van der Waals surface area contributed by atoms with Gasteiger partial charge in [0.25, 0.3) is 0 Å². The lowest BCUT2D eigenvalue weighted by Gasteiger charge is -2.36. The van der Waals surface area contributed by atoms with Crippen LogP contribution in [0.2, 0.25) is 10.0 Å². The zero-order valence-electron chi connectivity index (χ0n) is 12.1. The number of halogens is 2. The van der Waals surface area contributed by atoms with Gasteiger partial charge >= 0.3 is 0 Å². The summed E-state index contributed by atoms with van der Waals surface area (Å²) in [5.74, 6) is 0. The van der Waals surface area contributed by atoms with Crippen LogP contribution in [-0.2, 0) is 0 Å². The molecular weight excluding hydrogens is 291 g/mol. The van der Waals surface area contributed by atoms with Gasteiger partial charge in [-0.15, -0.1) is 0 Å². The van der Waals surface area contributed by atoms with E-state index in [4.69, 9.17) is 28.9 Å². The number of hydrogen-bond acceptors (Lipinski definition) is 2. The Morgan fingerprint density at radius 2 is 2.05 bits per heavy atom. The molecule has 0 bridgehead atoms. The average molecular weight is 315 g/mol. The summed E-state index contributed by atoms with van der Waals surface area (Å²) in [6, 6.07) is 6.77. The highest BCUT2D eigenvalue weighted by atomic mass is 35.5. The molecule has 0 aliphatic carbocycles. The summed E-state index contributed by atoms with van der Waals surface area (Å²) in [5, 5.41) is 1.22. The molecule has 1 heterocycles. The SMILES string of the molecule is CCC1CCCCCN1C(CN)c1ccc(Cl)c(Cl)c1. The predicted molar refractivity (Wildman–Crippen MR) is 87.5 cm³/mol. The van der Waals surface area contributed by atoms with E-state index in [0.717, 1.165) is 6.54 Å². The van der Waals surface area contributed by atoms with Crippen molar-refractivity contribution < 1.29 is 0 Å². The summed E-state index contributed by atoms with van der Waals surface area (Å²) in [4.78, 5) is 2.58. The Labute approximate surface area is 132 Å². The highest BCUT2D eigenvalue weighted by molar-refractivity contribution is 6.42. The number of nitrogens with zero attached hydrogens (tertiary/aromatic N) is 1. The van der Waals surface area contributed by atoms with Crippen molar-refractivity contribution in [3.05, 3.63) is 33.8 Å². The number of rotatable bonds is 4. The largest absolute Gasteiger partial charge is 0.329 e. The Kier molecular flexibility index (Phi) is 6.16. The number of benzene rings is 1. The van der Waals surface area contributed by atoms with Crippen LogP contribution in [0.4, 0.5) is 0 Å². The Hall–Kier alpha value is -0.280. The second-order valence-electron chi connectivity index (χ2n) is 5.57. The van der Waals surface area contributed by atoms with Crippen molar-refractivity contribution >= 4 is 23.2 Å². The molecule has 1 saturated heterocycles. The van der Waals surface area contributed by atoms with E-state index in [1.807, 2.05) is 12.1 Å². The van der Waals surface area contributed by atoms with Gasteiger partial charge in [0.15, 0.2) is 0 Å². The monoisotopic (exact) mass is 314 g/mol. The van der Waals surface area contributed by atoms with E-state index < -0.39 is 0 Å². The maximum atomic E-state index is 6.17. The fourth-order valence-corrected chi connectivity index (χ4v) is 3.54. The molecule has 2 unspecified atom stereocenters. The lowest BCUT2D eigenvalue weighted by Crippen LogP contribution is -2.41. The molecule has 112 valence electrons. The summed E-state index contributed by atoms with van der Waals surface area (Å²) in [7, 11) is 0. The van der Waals surface area contributed by atoms with Crippen LogP contribution in [0.5, 0.6) is 0 Å². The van der Waals surface area contributed by atoms with Gasteiger partial charge in [-0.05, 0) is 43.5 Å². The van der Waals surface area contributed by atoms with Crippen LogP contribution in [0.1, 0.15) is 50.6 Å². The van der Waals surface area contributed by atoms with Crippen molar-refractivity contribution in [2.75, 3.05) is 13.1 Å². The highest BCUT2D eigenvalue weighted by Crippen LogP contribution is 2.32. The average Bonchev–Trinajstić information content (AvgIpc) is 2.69. The molecule has 0 aromatic heterocycles. The smallest absolute Gasteiger partial charge is 0.0595 e. The van der Waals surface area contributed by atoms with Crippen LogP contribution in [0.3, 0.4) is 0 Å². The van der Waals surface area contributed by atoms with Crippen LogP contribution in [0.25, 0.3) is 0 Å². The molecule has 1 aliphatic rings. The summed E-state index contributed by atoms with van der Waals surface area (Å²) in [6.07, 6.45) is 6.36. The van der Waals surface area contributed by atoms with Crippen LogP contribution in [0.15, 0.2) is 18.2 Å². The summed E-state index contributed by atoms with van der Waals surface area (Å²) < 4.78 is 0. The van der Waals surface area contributed by atoms with Crippen LogP contribution >= 0.6 is 23.2 Å². The van der Waals surface area contributed by atoms with Crippen molar-refractivity contribution in [3.63, 3.8) is 0 Å². The number of nitrogens with two attached hydrogens (primary N) is 1. The Morgan fingerprint density at radius 1 is 1.25 bits per heavy atom. The molecule has 0 saturated carbocycles. The molecule has 0 amide bonds. The summed E-state index contributed by atoms with van der Waals surface area (Å²) in [5.41, 5.74) is 7.26. The molecular formula is C16H24Cl2N2. The second-order valence-corrected chi connectivity index (χ2v) is 6.39. The van der Waals surface area contributed by atoms with E-state index in [-0.39, 0.29) is 6.04 Å². The second kappa shape index (κ2) is 7.65. The van der Waals surface area contributed by atoms with E-state index in [1.54, 1.807) is 0 Å². The fraction of sp³-hybridized carbons (Fsp3) is 0.625. The third-order valence-corrected chi connectivity index (χ3v) is 5.08. The summed E-state index contributed by atoms with van der Waals surface area (Å²) in [6.45, 7) is 4.01. The molecule has 2 nitrogen and oxygen atoms in total. The number of likely N-dealkylation sites (tertiary alicyclic amines) is 1. The van der Waals surface area contributed by atoms with E-state index in [1.165, 1.54) is 37.7 Å². The van der Waals surface area contributed by atoms with Gasteiger partial charge in [0, 0.05) is 18.6 Å². The van der Waals surface area contributed by atoms with Gasteiger partial charge in [0.05, 0.1) is 10.0 Å². The van der Waals surface area contributed by atoms with Crippen molar-refractivity contribution in [2.45, 2.75) is 51.1 Å². The molecule has 1 aromatic rings. The quantitative estimate of drug-likeness (QED) is 0.876. The van der Waals surface area contributed by atoms with Crippen LogP contribution in [-0.4, -0.2) is 24.0 Å². The maximum absolute atomic E-state index is 6.17. The minimum Gasteiger partial charge on any atom is -0.329 e. The molecule has 1 aromatic carbocycles. The lowest BCUT2D eigenvalue weighted by molar-refractivity contribution is 0.136. The van der Waals surface area contributed by atoms with E-state index in [9.17, 15) is 0 Å². The van der Waals surface area contributed by atoms with Crippen molar-refractivity contribution in [1.29, 1.82) is 0 Å². The van der Waals surface area contributed by atoms with Crippen LogP contribution in [0, 0.1) is 0 Å². The Balaban J connectivity index is 2.26. The van der Waals surface area contributed by atoms with E-state index >= 15 is 0 Å². The third-order valence-electron chi connectivity index (χ3n) is 4.35. The van der Waals surface area contributed by atoms with E-state index in [2.05, 4.69) is 17.9 Å². The first-order chi connectivity index (χ1) is 9.67. The third kappa shape index (κ3) is 3.67. The molecule has 2 rings (SSSR count). The van der Waals surface area contributed by atoms with Gasteiger partial charge in [0.2, 0.25) is 0 Å². The van der Waals surface area contributed by atoms with E-state index in [0.29, 0.717) is 22.6 Å². The van der Waals surface area contributed by atoms with Crippen LogP contribution < -0.4 is 5.73 Å². The molecule has 1 aliphatic heterocycles. The summed E-state index contributed by atoms with van der Waals surface area (Å²) >= 11 is 12.2. The molecule has 0 spiro atoms. The van der Waals surface area contributed by atoms with Gasteiger partial charge in [0.1, 0.15) is 0 Å². The molecule has 0 radical (unpaired) electrons. The molecule has 20 heavy (non-hydrogen) atoms. The fourth-order valence-electron chi connectivity index (χ4n) is 3.23. The van der Waals surface area contributed by atoms with Crippen molar-refractivity contribution in [1.82, 2.24) is 4.90 Å². The first kappa shape index (κ1) is 16.1. The Morgan fingerprint density at radius 3 is 2.70 bits per heavy atom. The predicted octanol–water partition coefficient (Wildman–Crippen LogP) is 4.65. The van der Waals surface area contributed by atoms with Gasteiger partial charge < -0.3 is 5.73 Å². The van der Waals surface area contributed by atoms with Gasteiger partial charge in [-0.25, -0.2) is 0 Å². The minimum atomic E-state index is 0.243. The normalized spacial score (nSPS) is 22.5. The zero-order chi connectivity index (χ0) is 14.5. The molecule has 2 atom stereocenters. The maximum Gasteiger partial charge on any atom is 0.0595 e. The minimum absolute atomic E-state index is 0.243. The topological polar surface area (TPSA) is 29.3 Å². The first-order valence-electron chi connectivity index (χ1n) is 7.58. The van der Waals surface area contributed by atoms with Gasteiger partial charge in [-0.2, -0.15) is 0 Å². The van der Waals surface area contributed by atoms with Crippen molar-refractivity contribution in [2.24, 2.45) is 5.73 Å². The molecule has 1 fully saturated rings. The highest BCUT2D eigenvalue weighted by Gasteiger charge is 2.27. The first-order valence-corrected chi connectivity index (χ1v) is 8.33.